The van der Waals surface area contributed by atoms with Crippen molar-refractivity contribution in [3.05, 3.63) is 29.8 Å². The van der Waals surface area contributed by atoms with Crippen molar-refractivity contribution in [1.29, 1.82) is 0 Å². The van der Waals surface area contributed by atoms with Crippen LogP contribution in [-0.4, -0.2) is 18.4 Å². The summed E-state index contributed by atoms with van der Waals surface area (Å²) in [6.07, 6.45) is 8.44. The van der Waals surface area contributed by atoms with E-state index in [2.05, 4.69) is 10.6 Å². The number of anilines is 1. The lowest BCUT2D eigenvalue weighted by Gasteiger charge is -2.56. The first-order valence-electron chi connectivity index (χ1n) is 9.63. The van der Waals surface area contributed by atoms with Crippen LogP contribution >= 0.6 is 0 Å². The van der Waals surface area contributed by atoms with E-state index in [0.717, 1.165) is 29.0 Å². The quantitative estimate of drug-likeness (QED) is 0.859. The van der Waals surface area contributed by atoms with E-state index in [9.17, 15) is 9.59 Å². The molecule has 2 amide bonds. The summed E-state index contributed by atoms with van der Waals surface area (Å²) >= 11 is 0. The number of nitrogens with one attached hydrogen (secondary N) is 2. The number of hydrogen-bond acceptors (Lipinski definition) is 2. The van der Waals surface area contributed by atoms with Crippen molar-refractivity contribution in [3.63, 3.8) is 0 Å². The maximum atomic E-state index is 12.4. The molecule has 0 aromatic heterocycles. The van der Waals surface area contributed by atoms with Gasteiger partial charge in [0.25, 0.3) is 0 Å². The van der Waals surface area contributed by atoms with Crippen molar-refractivity contribution in [2.24, 2.45) is 23.2 Å². The summed E-state index contributed by atoms with van der Waals surface area (Å²) in [4.78, 5) is 24.5. The Morgan fingerprint density at radius 3 is 2.28 bits per heavy atom. The maximum Gasteiger partial charge on any atom is 0.243 e. The van der Waals surface area contributed by atoms with E-state index in [1.807, 2.05) is 31.2 Å². The van der Waals surface area contributed by atoms with Crippen LogP contribution < -0.4 is 10.6 Å². The Morgan fingerprint density at radius 2 is 1.68 bits per heavy atom. The number of aryl methyl sites for hydroxylation is 1. The Labute approximate surface area is 149 Å². The van der Waals surface area contributed by atoms with Gasteiger partial charge in [0.2, 0.25) is 11.8 Å². The summed E-state index contributed by atoms with van der Waals surface area (Å²) in [5.41, 5.74) is 2.11. The van der Waals surface area contributed by atoms with Crippen LogP contribution in [0.2, 0.25) is 0 Å². The molecule has 25 heavy (non-hydrogen) atoms. The van der Waals surface area contributed by atoms with Crippen LogP contribution in [0.5, 0.6) is 0 Å². The third kappa shape index (κ3) is 3.73. The summed E-state index contributed by atoms with van der Waals surface area (Å²) < 4.78 is 0. The Balaban J connectivity index is 1.27. The summed E-state index contributed by atoms with van der Waals surface area (Å²) in [5, 5.41) is 5.69. The van der Waals surface area contributed by atoms with Crippen LogP contribution in [0.4, 0.5) is 5.69 Å². The molecule has 4 saturated carbocycles. The summed E-state index contributed by atoms with van der Waals surface area (Å²) in [7, 11) is 0. The smallest absolute Gasteiger partial charge is 0.243 e. The van der Waals surface area contributed by atoms with Gasteiger partial charge >= 0.3 is 0 Å². The number of amides is 2. The number of carbonyl (C=O) groups is 2. The second-order valence-electron chi connectivity index (χ2n) is 8.79. The fourth-order valence-electron chi connectivity index (χ4n) is 6.02. The first-order chi connectivity index (χ1) is 12.0. The Morgan fingerprint density at radius 1 is 1.04 bits per heavy atom. The molecule has 0 spiro atoms. The van der Waals surface area contributed by atoms with E-state index in [-0.39, 0.29) is 23.8 Å². The van der Waals surface area contributed by atoms with Crippen molar-refractivity contribution < 1.29 is 9.59 Å². The lowest BCUT2D eigenvalue weighted by molar-refractivity contribution is -0.131. The zero-order valence-electron chi connectivity index (χ0n) is 15.0. The zero-order chi connectivity index (χ0) is 17.4. The molecule has 134 valence electrons. The van der Waals surface area contributed by atoms with Crippen molar-refractivity contribution >= 4 is 17.5 Å². The van der Waals surface area contributed by atoms with Crippen molar-refractivity contribution in [2.45, 2.75) is 51.9 Å². The maximum absolute atomic E-state index is 12.4. The Kier molecular flexibility index (Phi) is 4.30. The van der Waals surface area contributed by atoms with Gasteiger partial charge in [0.15, 0.2) is 0 Å². The highest BCUT2D eigenvalue weighted by Gasteiger charge is 2.51. The minimum absolute atomic E-state index is 0.0429. The number of benzene rings is 1. The topological polar surface area (TPSA) is 58.2 Å². The molecule has 4 nitrogen and oxygen atoms in total. The van der Waals surface area contributed by atoms with Crippen LogP contribution in [-0.2, 0) is 9.59 Å². The van der Waals surface area contributed by atoms with Gasteiger partial charge in [-0.2, -0.15) is 0 Å². The van der Waals surface area contributed by atoms with E-state index in [1.165, 1.54) is 38.5 Å². The molecule has 0 unspecified atom stereocenters. The molecule has 0 aliphatic heterocycles. The average molecular weight is 340 g/mol. The molecule has 2 N–H and O–H groups in total. The third-order valence-corrected chi connectivity index (χ3v) is 6.45. The van der Waals surface area contributed by atoms with Gasteiger partial charge in [0, 0.05) is 12.1 Å². The first kappa shape index (κ1) is 16.6. The zero-order valence-corrected chi connectivity index (χ0v) is 15.0. The normalized spacial score (nSPS) is 32.4. The van der Waals surface area contributed by atoms with E-state index in [4.69, 9.17) is 0 Å². The lowest BCUT2D eigenvalue weighted by atomic mass is 9.49. The predicted molar refractivity (Wildman–Crippen MR) is 98.0 cm³/mol. The van der Waals surface area contributed by atoms with E-state index >= 15 is 0 Å². The highest BCUT2D eigenvalue weighted by Crippen LogP contribution is 2.61. The van der Waals surface area contributed by atoms with Crippen LogP contribution in [0.1, 0.15) is 50.5 Å². The van der Waals surface area contributed by atoms with Gasteiger partial charge in [-0.25, -0.2) is 0 Å². The highest BCUT2D eigenvalue weighted by molar-refractivity contribution is 5.94. The van der Waals surface area contributed by atoms with Crippen LogP contribution in [0, 0.1) is 30.1 Å². The molecule has 1 aromatic rings. The van der Waals surface area contributed by atoms with Gasteiger partial charge in [-0.05, 0) is 86.3 Å². The molecule has 1 aromatic carbocycles. The van der Waals surface area contributed by atoms with Crippen LogP contribution in [0.3, 0.4) is 0 Å². The molecule has 4 aliphatic rings. The summed E-state index contributed by atoms with van der Waals surface area (Å²) in [6.45, 7) is 2.04. The van der Waals surface area contributed by atoms with Gasteiger partial charge in [-0.15, -0.1) is 0 Å². The molecule has 4 aliphatic carbocycles. The molecule has 0 radical (unpaired) electrons. The van der Waals surface area contributed by atoms with E-state index < -0.39 is 0 Å². The van der Waals surface area contributed by atoms with Crippen molar-refractivity contribution in [3.8, 4) is 0 Å². The van der Waals surface area contributed by atoms with Gasteiger partial charge in [0.05, 0.1) is 6.54 Å². The largest absolute Gasteiger partial charge is 0.347 e. The summed E-state index contributed by atoms with van der Waals surface area (Å²) in [5.74, 6) is 2.43. The minimum atomic E-state index is -0.163. The highest BCUT2D eigenvalue weighted by atomic mass is 16.2. The SMILES string of the molecule is Cc1cccc(NC(=O)CNC(=O)CC23CC4CC(CC(C4)C2)C3)c1. The lowest BCUT2D eigenvalue weighted by Crippen LogP contribution is -2.48. The Bertz CT molecular complexity index is 647. The number of carbonyl (C=O) groups excluding carboxylic acids is 2. The molecule has 0 atom stereocenters. The molecule has 4 fully saturated rings. The van der Waals surface area contributed by atoms with Crippen LogP contribution in [0.25, 0.3) is 0 Å². The van der Waals surface area contributed by atoms with Gasteiger partial charge in [-0.1, -0.05) is 12.1 Å². The molecule has 4 heteroatoms. The predicted octanol–water partition coefficient (Wildman–Crippen LogP) is 3.66. The fourth-order valence-corrected chi connectivity index (χ4v) is 6.02. The Hall–Kier alpha value is -1.84. The second kappa shape index (κ2) is 6.47. The van der Waals surface area contributed by atoms with E-state index in [1.54, 1.807) is 0 Å². The first-order valence-corrected chi connectivity index (χ1v) is 9.63. The minimum Gasteiger partial charge on any atom is -0.347 e. The van der Waals surface area contributed by atoms with Gasteiger partial charge in [0.1, 0.15) is 0 Å². The molecular formula is C21H28N2O2. The molecule has 4 bridgehead atoms. The number of hydrogen-bond donors (Lipinski definition) is 2. The standard InChI is InChI=1S/C21H28N2O2/c1-14-3-2-4-18(5-14)23-20(25)13-22-19(24)12-21-9-15-6-16(10-21)8-17(7-15)11-21/h2-5,15-17H,6-13H2,1H3,(H,22,24)(H,23,25). The van der Waals surface area contributed by atoms with Crippen molar-refractivity contribution in [1.82, 2.24) is 5.32 Å². The monoisotopic (exact) mass is 340 g/mol. The molecule has 0 saturated heterocycles. The van der Waals surface area contributed by atoms with E-state index in [0.29, 0.717) is 6.42 Å². The van der Waals surface area contributed by atoms with Crippen LogP contribution in [0.15, 0.2) is 24.3 Å². The van der Waals surface area contributed by atoms with Gasteiger partial charge in [-0.3, -0.25) is 9.59 Å². The van der Waals surface area contributed by atoms with Gasteiger partial charge < -0.3 is 10.6 Å². The molecule has 5 rings (SSSR count). The average Bonchev–Trinajstić information content (AvgIpc) is 2.51. The molecule has 0 heterocycles. The fraction of sp³-hybridized carbons (Fsp3) is 0.619. The second-order valence-corrected chi connectivity index (χ2v) is 8.79. The third-order valence-electron chi connectivity index (χ3n) is 6.45. The molecular weight excluding hydrogens is 312 g/mol. The number of rotatable bonds is 5. The summed E-state index contributed by atoms with van der Waals surface area (Å²) in [6, 6.07) is 7.69. The van der Waals surface area contributed by atoms with Crippen molar-refractivity contribution in [2.75, 3.05) is 11.9 Å².